The van der Waals surface area contributed by atoms with Gasteiger partial charge in [-0.3, -0.25) is 9.69 Å². The average molecular weight is 414 g/mol. The van der Waals surface area contributed by atoms with Gasteiger partial charge in [-0.15, -0.1) is 11.3 Å². The van der Waals surface area contributed by atoms with Crippen LogP contribution in [0, 0.1) is 5.92 Å². The Morgan fingerprint density at radius 3 is 2.69 bits per heavy atom. The molecule has 0 radical (unpaired) electrons. The lowest BCUT2D eigenvalue weighted by atomic mass is 9.96. The molecule has 1 aromatic carbocycles. The number of para-hydroxylation sites is 2. The van der Waals surface area contributed by atoms with Gasteiger partial charge in [0.05, 0.1) is 18.8 Å². The van der Waals surface area contributed by atoms with Crippen LogP contribution in [0.1, 0.15) is 31.1 Å². The van der Waals surface area contributed by atoms with Gasteiger partial charge >= 0.3 is 6.03 Å². The number of benzene rings is 1. The number of thiophene rings is 1. The van der Waals surface area contributed by atoms with Crippen molar-refractivity contribution in [2.24, 2.45) is 5.92 Å². The van der Waals surface area contributed by atoms with Crippen molar-refractivity contribution >= 4 is 29.0 Å². The zero-order valence-electron chi connectivity index (χ0n) is 16.7. The van der Waals surface area contributed by atoms with Gasteiger partial charge in [0.25, 0.3) is 0 Å². The summed E-state index contributed by atoms with van der Waals surface area (Å²) in [6.07, 6.45) is 2.26. The number of carbonyl (C=O) groups excluding carboxylic acids is 2. The van der Waals surface area contributed by atoms with Gasteiger partial charge in [-0.05, 0) is 42.8 Å². The van der Waals surface area contributed by atoms with E-state index < -0.39 is 0 Å². The van der Waals surface area contributed by atoms with Crippen LogP contribution < -0.4 is 15.0 Å². The van der Waals surface area contributed by atoms with Crippen molar-refractivity contribution in [3.8, 4) is 5.75 Å². The largest absolute Gasteiger partial charge is 0.486 e. The van der Waals surface area contributed by atoms with Crippen LogP contribution >= 0.6 is 11.3 Å². The van der Waals surface area contributed by atoms with Crippen LogP contribution in [-0.4, -0.2) is 42.6 Å². The third-order valence-corrected chi connectivity index (χ3v) is 6.55. The summed E-state index contributed by atoms with van der Waals surface area (Å²) in [5.74, 6) is 0.828. The van der Waals surface area contributed by atoms with E-state index in [9.17, 15) is 9.59 Å². The summed E-state index contributed by atoms with van der Waals surface area (Å²) in [7, 11) is 0. The molecule has 1 fully saturated rings. The molecule has 1 atom stereocenters. The quantitative estimate of drug-likeness (QED) is 0.828. The number of amides is 3. The Balaban J connectivity index is 1.35. The van der Waals surface area contributed by atoms with Gasteiger partial charge in [0.2, 0.25) is 5.91 Å². The van der Waals surface area contributed by atoms with Gasteiger partial charge in [0.1, 0.15) is 11.9 Å². The SMILES string of the molecule is CC[C@H]1CN(C(=O)N2CCC(C(=O)NCc3cccs3)CC2)c2ccccc2O1. The number of likely N-dealkylation sites (tertiary alicyclic amines) is 1. The van der Waals surface area contributed by atoms with E-state index in [1.54, 1.807) is 11.3 Å². The zero-order valence-corrected chi connectivity index (χ0v) is 17.5. The summed E-state index contributed by atoms with van der Waals surface area (Å²) in [6.45, 7) is 4.42. The molecule has 6 nitrogen and oxygen atoms in total. The molecule has 0 bridgehead atoms. The number of urea groups is 1. The van der Waals surface area contributed by atoms with Crippen LogP contribution in [0.15, 0.2) is 41.8 Å². The van der Waals surface area contributed by atoms with E-state index in [0.29, 0.717) is 39.0 Å². The minimum absolute atomic E-state index is 0.00872. The third-order valence-electron chi connectivity index (χ3n) is 5.68. The van der Waals surface area contributed by atoms with Crippen LogP contribution in [0.3, 0.4) is 0 Å². The fourth-order valence-corrected chi connectivity index (χ4v) is 4.57. The first-order chi connectivity index (χ1) is 14.2. The standard InChI is InChI=1S/C22H27N3O3S/c1-2-17-15-25(19-7-3-4-8-20(19)28-17)22(27)24-11-9-16(10-12-24)21(26)23-14-18-6-5-13-29-18/h3-8,13,16-17H,2,9-12,14-15H2,1H3,(H,23,26)/t17-/m0/s1. The number of nitrogens with one attached hydrogen (secondary N) is 1. The van der Waals surface area contributed by atoms with Crippen LogP contribution in [0.25, 0.3) is 0 Å². The van der Waals surface area contributed by atoms with Crippen molar-refractivity contribution in [1.82, 2.24) is 10.2 Å². The summed E-state index contributed by atoms with van der Waals surface area (Å²) in [4.78, 5) is 30.6. The highest BCUT2D eigenvalue weighted by molar-refractivity contribution is 7.09. The first-order valence-corrected chi connectivity index (χ1v) is 11.2. The van der Waals surface area contributed by atoms with Gasteiger partial charge in [-0.1, -0.05) is 25.1 Å². The highest BCUT2D eigenvalue weighted by atomic mass is 32.1. The van der Waals surface area contributed by atoms with Crippen molar-refractivity contribution in [3.05, 3.63) is 46.7 Å². The van der Waals surface area contributed by atoms with Crippen LogP contribution in [-0.2, 0) is 11.3 Å². The zero-order chi connectivity index (χ0) is 20.2. The molecular formula is C22H27N3O3S. The highest BCUT2D eigenvalue weighted by Gasteiger charge is 2.34. The Labute approximate surface area is 175 Å². The Hall–Kier alpha value is -2.54. The van der Waals surface area contributed by atoms with E-state index >= 15 is 0 Å². The number of hydrogen-bond acceptors (Lipinski definition) is 4. The van der Waals surface area contributed by atoms with Gasteiger partial charge in [0, 0.05) is 23.9 Å². The minimum atomic E-state index is -0.0284. The molecule has 154 valence electrons. The van der Waals surface area contributed by atoms with E-state index in [0.717, 1.165) is 22.7 Å². The predicted molar refractivity (Wildman–Crippen MR) is 114 cm³/mol. The van der Waals surface area contributed by atoms with Gasteiger partial charge in [-0.25, -0.2) is 4.79 Å². The predicted octanol–water partition coefficient (Wildman–Crippen LogP) is 3.87. The smallest absolute Gasteiger partial charge is 0.324 e. The first-order valence-electron chi connectivity index (χ1n) is 10.3. The summed E-state index contributed by atoms with van der Waals surface area (Å²) in [5, 5.41) is 5.04. The number of carbonyl (C=O) groups is 2. The molecule has 7 heteroatoms. The number of piperidine rings is 1. The van der Waals surface area contributed by atoms with Gasteiger partial charge < -0.3 is 15.0 Å². The number of anilines is 1. The lowest BCUT2D eigenvalue weighted by molar-refractivity contribution is -0.126. The fraction of sp³-hybridized carbons (Fsp3) is 0.455. The maximum atomic E-state index is 13.2. The van der Waals surface area contributed by atoms with Crippen LogP contribution in [0.2, 0.25) is 0 Å². The number of ether oxygens (including phenoxy) is 1. The molecule has 2 aromatic rings. The molecule has 3 heterocycles. The van der Waals surface area contributed by atoms with Gasteiger partial charge in [-0.2, -0.15) is 0 Å². The molecule has 29 heavy (non-hydrogen) atoms. The monoisotopic (exact) mass is 413 g/mol. The second-order valence-corrected chi connectivity index (χ2v) is 8.60. The lowest BCUT2D eigenvalue weighted by Gasteiger charge is -2.39. The lowest BCUT2D eigenvalue weighted by Crippen LogP contribution is -2.52. The number of fused-ring (bicyclic) bond motifs is 1. The third kappa shape index (κ3) is 4.40. The summed E-state index contributed by atoms with van der Waals surface area (Å²) >= 11 is 1.64. The normalized spacial score (nSPS) is 19.4. The molecule has 0 spiro atoms. The van der Waals surface area contributed by atoms with Crippen molar-refractivity contribution in [2.75, 3.05) is 24.5 Å². The Morgan fingerprint density at radius 1 is 1.17 bits per heavy atom. The van der Waals surface area contributed by atoms with Crippen molar-refractivity contribution in [2.45, 2.75) is 38.8 Å². The molecule has 0 unspecified atom stereocenters. The van der Waals surface area contributed by atoms with Crippen LogP contribution in [0.5, 0.6) is 5.75 Å². The molecule has 1 saturated heterocycles. The second kappa shape index (κ2) is 8.86. The molecule has 3 amide bonds. The Kier molecular flexibility index (Phi) is 6.04. The Bertz CT molecular complexity index is 847. The van der Waals surface area contributed by atoms with E-state index in [2.05, 4.69) is 12.2 Å². The number of rotatable bonds is 4. The van der Waals surface area contributed by atoms with Crippen molar-refractivity contribution in [3.63, 3.8) is 0 Å². The topological polar surface area (TPSA) is 61.9 Å². The maximum absolute atomic E-state index is 13.2. The minimum Gasteiger partial charge on any atom is -0.486 e. The van der Waals surface area contributed by atoms with Crippen molar-refractivity contribution < 1.29 is 14.3 Å². The fourth-order valence-electron chi connectivity index (χ4n) is 3.93. The number of hydrogen-bond donors (Lipinski definition) is 1. The Morgan fingerprint density at radius 2 is 1.97 bits per heavy atom. The molecule has 2 aliphatic heterocycles. The summed E-state index contributed by atoms with van der Waals surface area (Å²) in [6, 6.07) is 11.7. The maximum Gasteiger partial charge on any atom is 0.324 e. The molecule has 1 N–H and O–H groups in total. The molecule has 4 rings (SSSR count). The molecule has 2 aliphatic rings. The number of nitrogens with zero attached hydrogens (tertiary/aromatic N) is 2. The first kappa shape index (κ1) is 19.8. The average Bonchev–Trinajstić information content (AvgIpc) is 3.30. The van der Waals surface area contributed by atoms with E-state index in [-0.39, 0.29) is 24.0 Å². The molecular weight excluding hydrogens is 386 g/mol. The van der Waals surface area contributed by atoms with Crippen molar-refractivity contribution in [1.29, 1.82) is 0 Å². The van der Waals surface area contributed by atoms with Gasteiger partial charge in [0.15, 0.2) is 0 Å². The summed E-state index contributed by atoms with van der Waals surface area (Å²) < 4.78 is 5.99. The van der Waals surface area contributed by atoms with Crippen LogP contribution in [0.4, 0.5) is 10.5 Å². The molecule has 0 saturated carbocycles. The van der Waals surface area contributed by atoms with E-state index in [1.807, 2.05) is 51.6 Å². The second-order valence-electron chi connectivity index (χ2n) is 7.57. The summed E-state index contributed by atoms with van der Waals surface area (Å²) in [5.41, 5.74) is 0.831. The van der Waals surface area contributed by atoms with E-state index in [1.165, 1.54) is 0 Å². The molecule has 0 aliphatic carbocycles. The molecule has 1 aromatic heterocycles. The van der Waals surface area contributed by atoms with E-state index in [4.69, 9.17) is 4.74 Å². The highest BCUT2D eigenvalue weighted by Crippen LogP contribution is 2.35.